The van der Waals surface area contributed by atoms with E-state index in [1.54, 1.807) is 0 Å². The lowest BCUT2D eigenvalue weighted by molar-refractivity contribution is -0.119. The number of nitrogens with one attached hydrogen (secondary N) is 2. The van der Waals surface area contributed by atoms with Gasteiger partial charge in [0.05, 0.1) is 6.54 Å². The number of piperidine rings is 1. The van der Waals surface area contributed by atoms with Crippen molar-refractivity contribution in [3.63, 3.8) is 0 Å². The van der Waals surface area contributed by atoms with E-state index in [-0.39, 0.29) is 41.8 Å². The zero-order chi connectivity index (χ0) is 21.3. The molecule has 2 fully saturated rings. The molecule has 8 nitrogen and oxygen atoms in total. The molecule has 1 unspecified atom stereocenters. The van der Waals surface area contributed by atoms with Crippen molar-refractivity contribution in [2.24, 2.45) is 16.6 Å². The normalized spacial score (nSPS) is 19.0. The first-order chi connectivity index (χ1) is 14.5. The van der Waals surface area contributed by atoms with Crippen molar-refractivity contribution in [2.45, 2.75) is 45.6 Å². The van der Waals surface area contributed by atoms with Gasteiger partial charge >= 0.3 is 6.03 Å². The van der Waals surface area contributed by atoms with Crippen LogP contribution in [0.4, 0.5) is 10.5 Å². The molecule has 0 spiro atoms. The molecule has 3 amide bonds. The summed E-state index contributed by atoms with van der Waals surface area (Å²) in [5, 5.41) is 6.36. The maximum Gasteiger partial charge on any atom is 0.321 e. The Morgan fingerprint density at radius 3 is 2.61 bits per heavy atom. The molecule has 3 rings (SSSR count). The van der Waals surface area contributed by atoms with E-state index >= 15 is 0 Å². The van der Waals surface area contributed by atoms with Crippen molar-refractivity contribution in [1.82, 2.24) is 15.1 Å². The number of nitrogens with two attached hydrogens (primary N) is 1. The highest BCUT2D eigenvalue weighted by atomic mass is 127. The van der Waals surface area contributed by atoms with Crippen LogP contribution in [0.3, 0.4) is 0 Å². The van der Waals surface area contributed by atoms with Crippen LogP contribution >= 0.6 is 24.0 Å². The molecule has 0 aromatic heterocycles. The molecule has 0 radical (unpaired) electrons. The molecule has 0 bridgehead atoms. The number of carbonyl (C=O) groups is 2. The molecule has 1 aromatic rings. The van der Waals surface area contributed by atoms with Gasteiger partial charge in [0.25, 0.3) is 0 Å². The molecule has 172 valence electrons. The third-order valence-corrected chi connectivity index (χ3v) is 5.63. The molecule has 2 aliphatic heterocycles. The standard InChI is InChI=1S/C22H34N6O2.HI/c1-2-24-21(28-12-6-8-18(16-28)14-20(23)29)25-15-17-7-5-9-19(13-17)26-22(30)27-10-3-4-11-27;/h5,7,9,13,18H,2-4,6,8,10-12,14-16H2,1H3,(H2,23,29)(H,24,25)(H,26,30);1H. The van der Waals surface area contributed by atoms with E-state index in [4.69, 9.17) is 10.7 Å². The number of benzene rings is 1. The van der Waals surface area contributed by atoms with Crippen LogP contribution in [0.2, 0.25) is 0 Å². The van der Waals surface area contributed by atoms with Gasteiger partial charge in [-0.1, -0.05) is 12.1 Å². The number of primary amides is 1. The van der Waals surface area contributed by atoms with Crippen LogP contribution in [0.15, 0.2) is 29.3 Å². The summed E-state index contributed by atoms with van der Waals surface area (Å²) in [6, 6.07) is 7.82. The minimum atomic E-state index is -0.239. The van der Waals surface area contributed by atoms with E-state index in [0.29, 0.717) is 13.0 Å². The summed E-state index contributed by atoms with van der Waals surface area (Å²) in [7, 11) is 0. The topological polar surface area (TPSA) is 103 Å². The Morgan fingerprint density at radius 2 is 1.90 bits per heavy atom. The number of aliphatic imine (C=N–C) groups is 1. The molecule has 9 heteroatoms. The minimum absolute atomic E-state index is 0. The van der Waals surface area contributed by atoms with E-state index in [2.05, 4.69) is 22.5 Å². The number of rotatable bonds is 6. The fraction of sp³-hybridized carbons (Fsp3) is 0.591. The van der Waals surface area contributed by atoms with Crippen molar-refractivity contribution in [2.75, 3.05) is 38.0 Å². The zero-order valence-corrected chi connectivity index (χ0v) is 20.6. The predicted octanol–water partition coefficient (Wildman–Crippen LogP) is 2.99. The fourth-order valence-electron chi connectivity index (χ4n) is 4.17. The number of nitrogens with zero attached hydrogens (tertiary/aromatic N) is 3. The van der Waals surface area contributed by atoms with Crippen LogP contribution in [-0.2, 0) is 11.3 Å². The van der Waals surface area contributed by atoms with E-state index < -0.39 is 0 Å². The van der Waals surface area contributed by atoms with Crippen LogP contribution in [-0.4, -0.2) is 60.4 Å². The first-order valence-corrected chi connectivity index (χ1v) is 11.0. The Balaban J connectivity index is 0.00000341. The highest BCUT2D eigenvalue weighted by Gasteiger charge is 2.23. The summed E-state index contributed by atoms with van der Waals surface area (Å²) >= 11 is 0. The predicted molar refractivity (Wildman–Crippen MR) is 135 cm³/mol. The van der Waals surface area contributed by atoms with E-state index in [9.17, 15) is 9.59 Å². The van der Waals surface area contributed by atoms with E-state index in [0.717, 1.165) is 75.6 Å². The molecule has 1 aromatic carbocycles. The summed E-state index contributed by atoms with van der Waals surface area (Å²) in [5.74, 6) is 0.902. The number of anilines is 1. The third kappa shape index (κ3) is 7.86. The maximum atomic E-state index is 12.3. The van der Waals surface area contributed by atoms with Gasteiger partial charge in [-0.15, -0.1) is 24.0 Å². The van der Waals surface area contributed by atoms with Crippen LogP contribution in [0.5, 0.6) is 0 Å². The highest BCUT2D eigenvalue weighted by molar-refractivity contribution is 14.0. The number of halogens is 1. The molecule has 2 saturated heterocycles. The van der Waals surface area contributed by atoms with Crippen molar-refractivity contribution in [1.29, 1.82) is 0 Å². The Labute approximate surface area is 202 Å². The number of hydrogen-bond acceptors (Lipinski definition) is 3. The summed E-state index contributed by atoms with van der Waals surface area (Å²) in [6.07, 6.45) is 4.63. The lowest BCUT2D eigenvalue weighted by Crippen LogP contribution is -2.47. The zero-order valence-electron chi connectivity index (χ0n) is 18.3. The van der Waals surface area contributed by atoms with Gasteiger partial charge in [-0.3, -0.25) is 4.79 Å². The molecule has 1 atom stereocenters. The van der Waals surface area contributed by atoms with Gasteiger partial charge in [0.2, 0.25) is 5.91 Å². The van der Waals surface area contributed by atoms with Crippen LogP contribution in [0, 0.1) is 5.92 Å². The lowest BCUT2D eigenvalue weighted by Gasteiger charge is -2.34. The third-order valence-electron chi connectivity index (χ3n) is 5.63. The van der Waals surface area contributed by atoms with Crippen molar-refractivity contribution < 1.29 is 9.59 Å². The fourth-order valence-corrected chi connectivity index (χ4v) is 4.17. The Kier molecular flexibility index (Phi) is 10.4. The van der Waals surface area contributed by atoms with Gasteiger partial charge in [-0.25, -0.2) is 9.79 Å². The number of carbonyl (C=O) groups excluding carboxylic acids is 2. The van der Waals surface area contributed by atoms with Gasteiger partial charge in [-0.05, 0) is 56.2 Å². The quantitative estimate of drug-likeness (QED) is 0.292. The molecule has 31 heavy (non-hydrogen) atoms. The molecular formula is C22H35IN6O2. The Morgan fingerprint density at radius 1 is 1.16 bits per heavy atom. The second kappa shape index (κ2) is 12.7. The summed E-state index contributed by atoms with van der Waals surface area (Å²) < 4.78 is 0. The van der Waals surface area contributed by atoms with Crippen LogP contribution in [0.1, 0.15) is 44.6 Å². The molecule has 4 N–H and O–H groups in total. The van der Waals surface area contributed by atoms with Gasteiger partial charge in [0.1, 0.15) is 0 Å². The summed E-state index contributed by atoms with van der Waals surface area (Å²) in [4.78, 5) is 32.5. The number of hydrogen-bond donors (Lipinski definition) is 3. The van der Waals surface area contributed by atoms with Crippen LogP contribution < -0.4 is 16.4 Å². The Bertz CT molecular complexity index is 766. The molecule has 2 heterocycles. The SMILES string of the molecule is CCNC(=NCc1cccc(NC(=O)N2CCCC2)c1)N1CCCC(CC(N)=O)C1.I. The molecular weight excluding hydrogens is 507 g/mol. The van der Waals surface area contributed by atoms with Crippen molar-refractivity contribution in [3.05, 3.63) is 29.8 Å². The minimum Gasteiger partial charge on any atom is -0.370 e. The lowest BCUT2D eigenvalue weighted by atomic mass is 9.95. The smallest absolute Gasteiger partial charge is 0.321 e. The Hall–Kier alpha value is -2.04. The van der Waals surface area contributed by atoms with Crippen LogP contribution in [0.25, 0.3) is 0 Å². The van der Waals surface area contributed by atoms with Crippen molar-refractivity contribution in [3.8, 4) is 0 Å². The van der Waals surface area contributed by atoms with Gasteiger partial charge in [0, 0.05) is 44.8 Å². The monoisotopic (exact) mass is 542 g/mol. The number of amides is 3. The number of likely N-dealkylation sites (tertiary alicyclic amines) is 2. The van der Waals surface area contributed by atoms with Gasteiger partial charge in [-0.2, -0.15) is 0 Å². The van der Waals surface area contributed by atoms with E-state index in [1.165, 1.54) is 0 Å². The average Bonchev–Trinajstić information content (AvgIpc) is 3.26. The van der Waals surface area contributed by atoms with E-state index in [1.807, 2.05) is 29.2 Å². The van der Waals surface area contributed by atoms with Crippen molar-refractivity contribution >= 4 is 47.6 Å². The second-order valence-corrected chi connectivity index (χ2v) is 8.12. The number of guanidine groups is 1. The largest absolute Gasteiger partial charge is 0.370 e. The highest BCUT2D eigenvalue weighted by Crippen LogP contribution is 2.20. The molecule has 0 saturated carbocycles. The second-order valence-electron chi connectivity index (χ2n) is 8.12. The first-order valence-electron chi connectivity index (χ1n) is 11.0. The number of urea groups is 1. The molecule has 2 aliphatic rings. The van der Waals surface area contributed by atoms with Gasteiger partial charge < -0.3 is 26.2 Å². The van der Waals surface area contributed by atoms with Gasteiger partial charge in [0.15, 0.2) is 5.96 Å². The summed E-state index contributed by atoms with van der Waals surface area (Å²) in [5.41, 5.74) is 7.22. The summed E-state index contributed by atoms with van der Waals surface area (Å²) in [6.45, 7) is 6.72. The first kappa shape index (κ1) is 25.2. The molecule has 0 aliphatic carbocycles. The average molecular weight is 542 g/mol. The maximum absolute atomic E-state index is 12.3.